The molecule has 0 bridgehead atoms. The first-order valence-electron chi connectivity index (χ1n) is 10.9. The number of benzene rings is 1. The number of pyridine rings is 1. The van der Waals surface area contributed by atoms with Crippen LogP contribution in [0.4, 0.5) is 5.69 Å². The van der Waals surface area contributed by atoms with Gasteiger partial charge in [-0.05, 0) is 61.9 Å². The van der Waals surface area contributed by atoms with Crippen LogP contribution in [-0.4, -0.2) is 37.9 Å². The molecule has 1 fully saturated rings. The average molecular weight is 418 g/mol. The van der Waals surface area contributed by atoms with E-state index in [-0.39, 0.29) is 18.0 Å². The molecule has 0 spiro atoms. The number of fused-ring (bicyclic) bond motifs is 1. The maximum absolute atomic E-state index is 12.6. The molecule has 7 nitrogen and oxygen atoms in total. The van der Waals surface area contributed by atoms with Gasteiger partial charge in [-0.3, -0.25) is 14.5 Å². The van der Waals surface area contributed by atoms with Crippen molar-refractivity contribution in [3.05, 3.63) is 77.9 Å². The molecule has 2 aromatic heterocycles. The molecule has 3 N–H and O–H groups in total. The molecular weight excluding hydrogens is 390 g/mol. The van der Waals surface area contributed by atoms with Gasteiger partial charge >= 0.3 is 0 Å². The van der Waals surface area contributed by atoms with Crippen LogP contribution in [-0.2, 0) is 17.6 Å². The summed E-state index contributed by atoms with van der Waals surface area (Å²) >= 11 is 0. The Balaban J connectivity index is 1.15. The van der Waals surface area contributed by atoms with Crippen LogP contribution in [0.5, 0.6) is 0 Å². The van der Waals surface area contributed by atoms with E-state index < -0.39 is 6.10 Å². The Morgan fingerprint density at radius 3 is 2.84 bits per heavy atom. The van der Waals surface area contributed by atoms with Gasteiger partial charge in [0.15, 0.2) is 0 Å². The van der Waals surface area contributed by atoms with E-state index in [4.69, 9.17) is 0 Å². The van der Waals surface area contributed by atoms with Gasteiger partial charge in [0.05, 0.1) is 6.10 Å². The number of hydrogen-bond donors (Lipinski definition) is 3. The summed E-state index contributed by atoms with van der Waals surface area (Å²) in [5.41, 5.74) is 3.98. The van der Waals surface area contributed by atoms with Crippen molar-refractivity contribution in [3.63, 3.8) is 0 Å². The number of anilines is 1. The largest absolute Gasteiger partial charge is 0.387 e. The lowest BCUT2D eigenvalue weighted by Crippen LogP contribution is -2.35. The van der Waals surface area contributed by atoms with Crippen molar-refractivity contribution in [2.24, 2.45) is 0 Å². The summed E-state index contributed by atoms with van der Waals surface area (Å²) in [7, 11) is 0. The van der Waals surface area contributed by atoms with Gasteiger partial charge in [0, 0.05) is 47.6 Å². The van der Waals surface area contributed by atoms with Crippen molar-refractivity contribution >= 4 is 11.6 Å². The minimum Gasteiger partial charge on any atom is -0.387 e. The number of rotatable bonds is 6. The van der Waals surface area contributed by atoms with Crippen LogP contribution >= 0.6 is 0 Å². The molecule has 7 heteroatoms. The predicted octanol–water partition coefficient (Wildman–Crippen LogP) is 2.80. The number of nitrogens with zero attached hydrogens (tertiary/aromatic N) is 3. The number of aliphatic hydroxyl groups excluding tert-OH is 1. The standard InChI is InChI=1S/C24H27N5O2/c30-23(17-2-1-12-25-15-17)21-9-7-19(27-21)14-16-3-5-18(6-4-16)28-24(31)22-10-8-20-11-13-26-29(20)22/h1-6,11-13,15,19,21-23,27,30H,7-10,14H2,(H,28,31)/t19-,21+,22?,23+/m0/s1. The molecule has 160 valence electrons. The molecular formula is C24H27N5O2. The number of aromatic nitrogens is 3. The van der Waals surface area contributed by atoms with E-state index in [1.54, 1.807) is 18.6 Å². The van der Waals surface area contributed by atoms with Gasteiger partial charge < -0.3 is 15.7 Å². The molecule has 4 atom stereocenters. The quantitative estimate of drug-likeness (QED) is 0.574. The second-order valence-corrected chi connectivity index (χ2v) is 8.49. The van der Waals surface area contributed by atoms with Crippen molar-refractivity contribution in [3.8, 4) is 0 Å². The fourth-order valence-corrected chi connectivity index (χ4v) is 4.75. The Morgan fingerprint density at radius 1 is 1.16 bits per heavy atom. The number of amides is 1. The molecule has 2 aliphatic heterocycles. The first kappa shape index (κ1) is 19.9. The zero-order chi connectivity index (χ0) is 21.2. The Kier molecular flexibility index (Phi) is 5.53. The molecule has 1 unspecified atom stereocenters. The fourth-order valence-electron chi connectivity index (χ4n) is 4.75. The third-order valence-electron chi connectivity index (χ3n) is 6.41. The number of carbonyl (C=O) groups excluding carboxylic acids is 1. The lowest BCUT2D eigenvalue weighted by atomic mass is 10.0. The minimum atomic E-state index is -0.540. The summed E-state index contributed by atoms with van der Waals surface area (Å²) in [6.45, 7) is 0. The molecule has 4 heterocycles. The topological polar surface area (TPSA) is 92.1 Å². The Labute approximate surface area is 181 Å². The molecule has 0 saturated carbocycles. The van der Waals surface area contributed by atoms with Crippen LogP contribution in [0, 0.1) is 0 Å². The Hall–Kier alpha value is -3.03. The molecule has 2 aliphatic rings. The van der Waals surface area contributed by atoms with Gasteiger partial charge in [-0.25, -0.2) is 0 Å². The summed E-state index contributed by atoms with van der Waals surface area (Å²) in [5, 5.41) is 21.5. The minimum absolute atomic E-state index is 0.0140. The second kappa shape index (κ2) is 8.61. The average Bonchev–Trinajstić information content (AvgIpc) is 3.52. The molecule has 0 radical (unpaired) electrons. The third kappa shape index (κ3) is 4.24. The van der Waals surface area contributed by atoms with Crippen LogP contribution < -0.4 is 10.6 Å². The van der Waals surface area contributed by atoms with E-state index >= 15 is 0 Å². The van der Waals surface area contributed by atoms with Gasteiger partial charge in [-0.2, -0.15) is 5.10 Å². The molecule has 1 amide bonds. The first-order valence-corrected chi connectivity index (χ1v) is 10.9. The normalized spacial score (nSPS) is 23.5. The van der Waals surface area contributed by atoms with E-state index in [2.05, 4.69) is 32.8 Å². The van der Waals surface area contributed by atoms with Crippen LogP contribution in [0.25, 0.3) is 0 Å². The summed E-state index contributed by atoms with van der Waals surface area (Å²) in [6.07, 6.45) is 9.20. The van der Waals surface area contributed by atoms with Crippen molar-refractivity contribution in [2.75, 3.05) is 5.32 Å². The van der Waals surface area contributed by atoms with Crippen LogP contribution in [0.3, 0.4) is 0 Å². The molecule has 3 aromatic rings. The zero-order valence-electron chi connectivity index (χ0n) is 17.3. The number of carbonyl (C=O) groups is 1. The van der Waals surface area contributed by atoms with Gasteiger partial charge in [-0.1, -0.05) is 18.2 Å². The van der Waals surface area contributed by atoms with E-state index in [0.29, 0.717) is 6.04 Å². The molecule has 0 aliphatic carbocycles. The maximum Gasteiger partial charge on any atom is 0.249 e. The maximum atomic E-state index is 12.6. The van der Waals surface area contributed by atoms with Gasteiger partial charge in [0.25, 0.3) is 0 Å². The lowest BCUT2D eigenvalue weighted by Gasteiger charge is -2.20. The highest BCUT2D eigenvalue weighted by Crippen LogP contribution is 2.28. The van der Waals surface area contributed by atoms with Crippen LogP contribution in [0.1, 0.15) is 48.2 Å². The summed E-state index contributed by atoms with van der Waals surface area (Å²) in [6, 6.07) is 13.9. The van der Waals surface area contributed by atoms with E-state index in [9.17, 15) is 9.90 Å². The summed E-state index contributed by atoms with van der Waals surface area (Å²) < 4.78 is 1.83. The monoisotopic (exact) mass is 417 g/mol. The number of aryl methyl sites for hydroxylation is 1. The van der Waals surface area contributed by atoms with E-state index in [0.717, 1.165) is 49.0 Å². The zero-order valence-corrected chi connectivity index (χ0v) is 17.3. The predicted molar refractivity (Wildman–Crippen MR) is 118 cm³/mol. The molecule has 31 heavy (non-hydrogen) atoms. The molecule has 1 aromatic carbocycles. The Bertz CT molecular complexity index is 1030. The van der Waals surface area contributed by atoms with Crippen LogP contribution in [0.15, 0.2) is 61.1 Å². The Morgan fingerprint density at radius 2 is 2.03 bits per heavy atom. The van der Waals surface area contributed by atoms with Gasteiger partial charge in [0.2, 0.25) is 5.91 Å². The molecule has 5 rings (SSSR count). The van der Waals surface area contributed by atoms with Crippen LogP contribution in [0.2, 0.25) is 0 Å². The van der Waals surface area contributed by atoms with Crippen molar-refractivity contribution in [1.29, 1.82) is 0 Å². The number of hydrogen-bond acceptors (Lipinski definition) is 5. The summed E-state index contributed by atoms with van der Waals surface area (Å²) in [4.78, 5) is 16.7. The highest BCUT2D eigenvalue weighted by molar-refractivity contribution is 5.94. The third-order valence-corrected chi connectivity index (χ3v) is 6.41. The number of aliphatic hydroxyl groups is 1. The van der Waals surface area contributed by atoms with E-state index in [1.807, 2.05) is 35.0 Å². The van der Waals surface area contributed by atoms with Crippen molar-refractivity contribution in [2.45, 2.75) is 56.3 Å². The smallest absolute Gasteiger partial charge is 0.249 e. The van der Waals surface area contributed by atoms with Crippen molar-refractivity contribution in [1.82, 2.24) is 20.1 Å². The van der Waals surface area contributed by atoms with Gasteiger partial charge in [-0.15, -0.1) is 0 Å². The highest BCUT2D eigenvalue weighted by atomic mass is 16.3. The first-order chi connectivity index (χ1) is 15.2. The SMILES string of the molecule is O=C(Nc1ccc(C[C@@H]2CC[C@H]([C@H](O)c3cccnc3)N2)cc1)C1CCc2ccnn21. The second-order valence-electron chi connectivity index (χ2n) is 8.49. The summed E-state index contributed by atoms with van der Waals surface area (Å²) in [5.74, 6) is -0.0140. The highest BCUT2D eigenvalue weighted by Gasteiger charge is 2.30. The lowest BCUT2D eigenvalue weighted by molar-refractivity contribution is -0.119. The van der Waals surface area contributed by atoms with Crippen molar-refractivity contribution < 1.29 is 9.90 Å². The van der Waals surface area contributed by atoms with Gasteiger partial charge in [0.1, 0.15) is 6.04 Å². The molecule has 1 saturated heterocycles. The number of nitrogens with one attached hydrogen (secondary N) is 2. The fraction of sp³-hybridized carbons (Fsp3) is 0.375. The van der Waals surface area contributed by atoms with E-state index in [1.165, 1.54) is 5.56 Å².